The number of thioether (sulfide) groups is 1. The van der Waals surface area contributed by atoms with Crippen LogP contribution in [0.1, 0.15) is 155 Å². The van der Waals surface area contributed by atoms with Gasteiger partial charge in [0.15, 0.2) is 5.96 Å². The van der Waals surface area contributed by atoms with Crippen molar-refractivity contribution in [3.05, 3.63) is 120 Å². The number of imidazole rings is 1. The van der Waals surface area contributed by atoms with Gasteiger partial charge in [-0.15, -0.1) is 0 Å². The van der Waals surface area contributed by atoms with Gasteiger partial charge >= 0.3 is 11.9 Å². The lowest BCUT2D eigenvalue weighted by Gasteiger charge is -2.29. The lowest BCUT2D eigenvalue weighted by molar-refractivity contribution is -0.142. The van der Waals surface area contributed by atoms with Crippen molar-refractivity contribution in [1.29, 1.82) is 5.41 Å². The number of nitrogens with one attached hydrogen (secondary N) is 19. The lowest BCUT2D eigenvalue weighted by Crippen LogP contribution is -2.62. The third kappa shape index (κ3) is 42.0. The van der Waals surface area contributed by atoms with Crippen LogP contribution in [0.15, 0.2) is 97.6 Å². The Labute approximate surface area is 838 Å². The Morgan fingerprint density at radius 1 is 0.444 bits per heavy atom. The van der Waals surface area contributed by atoms with Crippen LogP contribution < -0.4 is 108 Å². The molecule has 0 saturated heterocycles. The van der Waals surface area contributed by atoms with E-state index in [2.05, 4.69) is 125 Å². The molecule has 0 aliphatic carbocycles. The van der Waals surface area contributed by atoms with Gasteiger partial charge in [0.2, 0.25) is 94.5 Å². The second-order valence-electron chi connectivity index (χ2n) is 36.0. The number of para-hydroxylation sites is 1. The highest BCUT2D eigenvalue weighted by atomic mass is 32.2. The van der Waals surface area contributed by atoms with Gasteiger partial charge in [-0.05, 0) is 141 Å². The van der Waals surface area contributed by atoms with Gasteiger partial charge in [0.25, 0.3) is 0 Å². The van der Waals surface area contributed by atoms with Crippen molar-refractivity contribution in [2.45, 2.75) is 255 Å². The molecule has 2 heterocycles. The number of aliphatic hydroxyl groups excluding tert-OH is 1. The predicted octanol–water partition coefficient (Wildman–Crippen LogP) is -2.92. The van der Waals surface area contributed by atoms with Crippen molar-refractivity contribution in [3.8, 4) is 5.75 Å². The number of fused-ring (bicyclic) bond motifs is 1. The topological polar surface area (TPSA) is 753 Å². The van der Waals surface area contributed by atoms with Gasteiger partial charge in [0.1, 0.15) is 96.4 Å². The van der Waals surface area contributed by atoms with Crippen molar-refractivity contribution in [2.75, 3.05) is 43.2 Å². The summed E-state index contributed by atoms with van der Waals surface area (Å²) < 4.78 is 0. The zero-order valence-corrected chi connectivity index (χ0v) is 83.6. The molecule has 782 valence electrons. The van der Waals surface area contributed by atoms with Crippen LogP contribution in [0.5, 0.6) is 5.75 Å². The van der Waals surface area contributed by atoms with E-state index in [9.17, 15) is 97.1 Å². The average molecular weight is 2040 g/mol. The van der Waals surface area contributed by atoms with Crippen molar-refractivity contribution >= 4 is 160 Å². The number of phenolic OH excluding ortho intramolecular Hbond substituents is 1. The number of primary amides is 1. The van der Waals surface area contributed by atoms with E-state index in [0.29, 0.717) is 46.2 Å². The van der Waals surface area contributed by atoms with E-state index in [4.69, 9.17) is 28.3 Å². The molecule has 16 amide bonds. The summed E-state index contributed by atoms with van der Waals surface area (Å²) in [6.45, 7) is 12.5. The summed E-state index contributed by atoms with van der Waals surface area (Å²) in [6.07, 6.45) is 3.13. The fourth-order valence-electron chi connectivity index (χ4n) is 14.8. The van der Waals surface area contributed by atoms with Crippen LogP contribution in [0.3, 0.4) is 0 Å². The monoisotopic (exact) mass is 2040 g/mol. The molecule has 0 aliphatic heterocycles. The number of H-pyrrole nitrogens is 2. The Bertz CT molecular complexity index is 5040. The smallest absolute Gasteiger partial charge is 0.327 e. The highest BCUT2D eigenvalue weighted by molar-refractivity contribution is 7.98. The maximum atomic E-state index is 15.0. The Morgan fingerprint density at radius 3 is 1.31 bits per heavy atom. The third-order valence-electron chi connectivity index (χ3n) is 22.5. The lowest BCUT2D eigenvalue weighted by atomic mass is 9.99. The van der Waals surface area contributed by atoms with Crippen LogP contribution in [0.2, 0.25) is 0 Å². The molecule has 2 aromatic heterocycles. The highest BCUT2D eigenvalue weighted by Gasteiger charge is 2.41. The van der Waals surface area contributed by atoms with Crippen molar-refractivity contribution in [1.82, 2.24) is 100 Å². The van der Waals surface area contributed by atoms with Gasteiger partial charge in [-0.3, -0.25) is 86.9 Å². The number of aromatic hydroxyl groups is 1. The van der Waals surface area contributed by atoms with E-state index in [0.717, 1.165) is 0 Å². The molecule has 31 N–H and O–H groups in total. The summed E-state index contributed by atoms with van der Waals surface area (Å²) in [5, 5.41) is 89.7. The number of carboxylic acids is 2. The minimum Gasteiger partial charge on any atom is -0.508 e. The number of aromatic amines is 2. The summed E-state index contributed by atoms with van der Waals surface area (Å²) in [6, 6.07) is -3.88. The van der Waals surface area contributed by atoms with Crippen LogP contribution in [0, 0.1) is 29.1 Å². The molecule has 0 aliphatic rings. The van der Waals surface area contributed by atoms with Gasteiger partial charge in [-0.1, -0.05) is 116 Å². The SMILES string of the molecule is CSCC[C@H](N)C(=O)N[C@@H](CC(C)C)C(=O)N[C@@H](Cc1ccc(O)cc1)C(=O)N[C@@H](CCCCN)C(=O)N[C@@H](CC(C)C)C(=O)N[C@@H](Cc1cnc[nH]1)C(=O)N[C@@H](CC(=O)O)C(=O)N[C@H](C(=O)N[C@@H](CS)C(=O)N[C@@H](CCCNC(=N)N)C(=O)N[C@@H](CCC(N)=O)C(=O)N[C@@H](CC(C)C)C(=O)N[C@@H](Cc1c[nH]c2ccccc12)C(=O)N[C@@H](Cc1ccccc1)C(=O)N[C@@H](CO)C(=O)N[C@@H](CS)C(=O)O)C(C)C. The number of hydrogen-bond acceptors (Lipinski definition) is 27. The number of amides is 16. The number of aromatic nitrogens is 3. The van der Waals surface area contributed by atoms with Crippen LogP contribution in [-0.2, 0) is 112 Å². The first-order chi connectivity index (χ1) is 67.3. The van der Waals surface area contributed by atoms with E-state index in [1.54, 1.807) is 88.5 Å². The average Bonchev–Trinajstić information content (AvgIpc) is 1.67. The van der Waals surface area contributed by atoms with Crippen LogP contribution in [0.4, 0.5) is 0 Å². The number of hydrogen-bond donors (Lipinski definition) is 29. The number of carbonyl (C=O) groups excluding carboxylic acids is 16. The number of carbonyl (C=O) groups is 18. The number of nitrogens with zero attached hydrogens (tertiary/aromatic N) is 1. The van der Waals surface area contributed by atoms with E-state index in [1.165, 1.54) is 62.4 Å². The number of thiol groups is 2. The zero-order chi connectivity index (χ0) is 106. The molecule has 5 aromatic rings. The number of rotatable bonds is 65. The van der Waals surface area contributed by atoms with Gasteiger partial charge in [-0.2, -0.15) is 37.0 Å². The summed E-state index contributed by atoms with van der Waals surface area (Å²) >= 11 is 9.78. The molecular formula is C93H140N24O22S3. The zero-order valence-electron chi connectivity index (χ0n) is 81.0. The quantitative estimate of drug-likeness (QED) is 0.00803. The van der Waals surface area contributed by atoms with E-state index < -0.39 is 259 Å². The fraction of sp³-hybridized carbons (Fsp3) is 0.548. The Morgan fingerprint density at radius 2 is 0.852 bits per heavy atom. The molecule has 0 radical (unpaired) electrons. The molecule has 0 unspecified atom stereocenters. The number of guanidine groups is 1. The van der Waals surface area contributed by atoms with Crippen LogP contribution in [-0.4, -0.2) is 288 Å². The molecule has 3 aromatic carbocycles. The first-order valence-electron chi connectivity index (χ1n) is 46.8. The maximum Gasteiger partial charge on any atom is 0.327 e. The first-order valence-corrected chi connectivity index (χ1v) is 49.4. The fourth-order valence-corrected chi connectivity index (χ4v) is 15.8. The summed E-state index contributed by atoms with van der Waals surface area (Å²) in [5.74, 6) is -21.6. The third-order valence-corrected chi connectivity index (χ3v) is 23.8. The number of nitrogens with two attached hydrogens (primary N) is 4. The first kappa shape index (κ1) is 119. The number of aliphatic hydroxyl groups is 1. The normalized spacial score (nSPS) is 14.7. The standard InChI is InChI=1S/C93H140N24O22S3/c1-48(2)34-63(106-77(123)58(95)30-33-142-9)81(127)109-67(38-53-24-26-56(119)27-25-53)84(130)103-60(22-15-16-31-94)79(125)107-65(36-50(5)6)83(129)112-69(40-55-43-99-47-102-55)87(133)113-70(41-75(121)122)88(134)117-76(51(7)8)91(137)115-72(45-140)90(136)104-61(23-17-32-100-93(97)98)78(124)105-62(28-29-74(96)120)80(126)108-64(35-49(3)4)82(128)111-68(39-54-42-101-59-21-14-13-20-57(54)59)86(132)110-66(37-52-18-11-10-12-19-52)85(131)114-71(44-118)89(135)116-73(46-141)92(138)139/h10-14,18-21,24-27,42-43,47-51,58,60-73,76,101,118-119,140-141H,15-17,22-23,28-41,44-46,94-95H2,1-9H3,(H2,96,120)(H,99,102)(H,103,130)(H,104,136)(H,105,124)(H,106,123)(H,107,125)(H,108,126)(H,109,127)(H,110,132)(H,111,128)(H,112,129)(H,113,133)(H,114,131)(H,115,137)(H,116,135)(H,117,134)(H,121,122)(H,138,139)(H4,97,98,100)/t58-,60-,61-,62-,63-,64-,65-,66-,67-,68-,69-,70-,71-,72-,73-,76-/m0/s1. The maximum absolute atomic E-state index is 15.0. The summed E-state index contributed by atoms with van der Waals surface area (Å²) in [4.78, 5) is 265. The van der Waals surface area contributed by atoms with Crippen molar-refractivity contribution in [3.63, 3.8) is 0 Å². The number of carboxylic acid groups (broad SMARTS) is 2. The minimum atomic E-state index is -2.03. The van der Waals surface area contributed by atoms with Crippen molar-refractivity contribution in [2.24, 2.45) is 46.6 Å². The van der Waals surface area contributed by atoms with E-state index in [-0.39, 0.29) is 106 Å². The molecule has 0 saturated carbocycles. The number of unbranched alkanes of at least 4 members (excludes halogenated alkanes) is 1. The molecule has 49 heteroatoms. The largest absolute Gasteiger partial charge is 0.508 e. The summed E-state index contributed by atoms with van der Waals surface area (Å²) in [7, 11) is 0. The minimum absolute atomic E-state index is 0.0396. The van der Waals surface area contributed by atoms with Crippen molar-refractivity contribution < 1.29 is 107 Å². The number of benzene rings is 3. The molecular weight excluding hydrogens is 1900 g/mol. The van der Waals surface area contributed by atoms with E-state index >= 15 is 9.59 Å². The van der Waals surface area contributed by atoms with Crippen LogP contribution in [0.25, 0.3) is 10.9 Å². The number of phenols is 1. The van der Waals surface area contributed by atoms with Gasteiger partial charge in [0, 0.05) is 79.1 Å². The second kappa shape index (κ2) is 61.5. The molecule has 46 nitrogen and oxygen atoms in total. The molecule has 142 heavy (non-hydrogen) atoms. The van der Waals surface area contributed by atoms with Gasteiger partial charge in [0.05, 0.1) is 25.4 Å². The second-order valence-corrected chi connectivity index (χ2v) is 37.7. The molecule has 16 atom stereocenters. The Balaban J connectivity index is 1.40. The van der Waals surface area contributed by atoms with Crippen LogP contribution >= 0.6 is 37.0 Å². The summed E-state index contributed by atoms with van der Waals surface area (Å²) in [5.41, 5.74) is 25.6. The molecule has 0 spiro atoms. The molecule has 0 fully saturated rings. The number of aliphatic carboxylic acids is 2. The van der Waals surface area contributed by atoms with Gasteiger partial charge < -0.3 is 138 Å². The molecule has 0 bridgehead atoms. The molecule has 5 rings (SSSR count). The van der Waals surface area contributed by atoms with E-state index in [1.807, 2.05) is 20.1 Å². The highest BCUT2D eigenvalue weighted by Crippen LogP contribution is 2.23. The Hall–Kier alpha value is -13.1. The predicted molar refractivity (Wildman–Crippen MR) is 535 cm³/mol. The Kier molecular flexibility index (Phi) is 51.7. The van der Waals surface area contributed by atoms with Gasteiger partial charge in [-0.25, -0.2) is 9.78 Å².